The molecule has 0 spiro atoms. The van der Waals surface area contributed by atoms with Crippen molar-refractivity contribution in [3.8, 4) is 0 Å². The van der Waals surface area contributed by atoms with E-state index in [0.717, 1.165) is 0 Å². The number of carbonyl (C=O) groups excluding carboxylic acids is 1. The molecule has 0 bridgehead atoms. The number of hydrogen-bond donors (Lipinski definition) is 3. The number of amides is 1. The fourth-order valence-corrected chi connectivity index (χ4v) is 1.95. The Bertz CT molecular complexity index is 289. The first-order valence-corrected chi connectivity index (χ1v) is 6.49. The number of cyclic esters (lactones) is 1. The van der Waals surface area contributed by atoms with Gasteiger partial charge in [-0.15, -0.1) is 12.4 Å². The predicted octanol–water partition coefficient (Wildman–Crippen LogP) is 1.08. The molecule has 0 aromatic rings. The van der Waals surface area contributed by atoms with E-state index in [-0.39, 0.29) is 12.4 Å². The SMILES string of the molecule is CC(C)CC(N)C(O)C1NN(CC(C)C)C(=O)O1.Cl. The number of nitrogens with one attached hydrogen (secondary N) is 1. The molecule has 3 atom stereocenters. The summed E-state index contributed by atoms with van der Waals surface area (Å²) in [6, 6.07) is -0.408. The van der Waals surface area contributed by atoms with Crippen LogP contribution in [-0.4, -0.2) is 41.1 Å². The summed E-state index contributed by atoms with van der Waals surface area (Å²) in [5.74, 6) is 0.712. The molecule has 0 aromatic heterocycles. The van der Waals surface area contributed by atoms with Crippen LogP contribution in [0.15, 0.2) is 0 Å². The van der Waals surface area contributed by atoms with Crippen LogP contribution in [0.1, 0.15) is 34.1 Å². The Kier molecular flexibility index (Phi) is 7.66. The van der Waals surface area contributed by atoms with E-state index >= 15 is 0 Å². The lowest BCUT2D eigenvalue weighted by Crippen LogP contribution is -2.51. The first-order chi connectivity index (χ1) is 8.31. The summed E-state index contributed by atoms with van der Waals surface area (Å²) < 4.78 is 5.09. The van der Waals surface area contributed by atoms with Gasteiger partial charge in [-0.1, -0.05) is 27.7 Å². The molecule has 19 heavy (non-hydrogen) atoms. The number of rotatable bonds is 6. The Balaban J connectivity index is 0.00000324. The molecular weight excluding hydrogens is 270 g/mol. The Hall–Kier alpha value is -0.560. The second-order valence-corrected chi connectivity index (χ2v) is 5.72. The lowest BCUT2D eigenvalue weighted by Gasteiger charge is -2.24. The molecule has 1 aliphatic rings. The van der Waals surface area contributed by atoms with Crippen LogP contribution < -0.4 is 11.2 Å². The number of aliphatic hydroxyl groups is 1. The maximum Gasteiger partial charge on any atom is 0.426 e. The molecule has 0 aromatic carbocycles. The quantitative estimate of drug-likeness (QED) is 0.682. The maximum absolute atomic E-state index is 11.6. The number of ether oxygens (including phenoxy) is 1. The van der Waals surface area contributed by atoms with Gasteiger partial charge in [-0.25, -0.2) is 9.80 Å². The van der Waals surface area contributed by atoms with E-state index in [4.69, 9.17) is 10.5 Å². The number of nitrogens with two attached hydrogens (primary N) is 1. The van der Waals surface area contributed by atoms with Gasteiger partial charge >= 0.3 is 6.09 Å². The van der Waals surface area contributed by atoms with Crippen molar-refractivity contribution >= 4 is 18.5 Å². The van der Waals surface area contributed by atoms with Crippen LogP contribution in [0.2, 0.25) is 0 Å². The zero-order valence-corrected chi connectivity index (χ0v) is 12.8. The fraction of sp³-hybridized carbons (Fsp3) is 0.917. The van der Waals surface area contributed by atoms with Crippen LogP contribution in [0.25, 0.3) is 0 Å². The van der Waals surface area contributed by atoms with E-state index in [1.165, 1.54) is 5.01 Å². The zero-order chi connectivity index (χ0) is 13.9. The summed E-state index contributed by atoms with van der Waals surface area (Å²) in [7, 11) is 0. The molecule has 3 unspecified atom stereocenters. The molecule has 6 nitrogen and oxygen atoms in total. The van der Waals surface area contributed by atoms with Crippen molar-refractivity contribution in [2.45, 2.75) is 52.5 Å². The van der Waals surface area contributed by atoms with E-state index in [2.05, 4.69) is 5.43 Å². The van der Waals surface area contributed by atoms with E-state index in [1.807, 2.05) is 27.7 Å². The number of nitrogens with zero attached hydrogens (tertiary/aromatic N) is 1. The average Bonchev–Trinajstić information content (AvgIpc) is 2.57. The second kappa shape index (κ2) is 7.89. The highest BCUT2D eigenvalue weighted by Crippen LogP contribution is 2.15. The zero-order valence-electron chi connectivity index (χ0n) is 12.0. The lowest BCUT2D eigenvalue weighted by atomic mass is 9.99. The minimum atomic E-state index is -0.895. The molecule has 4 N–H and O–H groups in total. The third-order valence-corrected chi connectivity index (χ3v) is 2.77. The highest BCUT2D eigenvalue weighted by Gasteiger charge is 2.38. The molecule has 1 saturated heterocycles. The number of hydrazine groups is 1. The van der Waals surface area contributed by atoms with E-state index in [0.29, 0.717) is 24.8 Å². The minimum Gasteiger partial charge on any atom is -0.425 e. The summed E-state index contributed by atoms with van der Waals surface area (Å²) >= 11 is 0. The molecule has 1 fully saturated rings. The van der Waals surface area contributed by atoms with Crippen molar-refractivity contribution in [3.05, 3.63) is 0 Å². The van der Waals surface area contributed by atoms with Gasteiger partial charge in [0.2, 0.25) is 0 Å². The Morgan fingerprint density at radius 2 is 1.95 bits per heavy atom. The summed E-state index contributed by atoms with van der Waals surface area (Å²) in [6.07, 6.45) is -1.41. The van der Waals surface area contributed by atoms with Gasteiger partial charge < -0.3 is 15.6 Å². The molecule has 1 aliphatic heterocycles. The summed E-state index contributed by atoms with van der Waals surface area (Å²) in [5, 5.41) is 11.4. The normalized spacial score (nSPS) is 22.4. The number of halogens is 1. The Labute approximate surface area is 121 Å². The number of carbonyl (C=O) groups is 1. The summed E-state index contributed by atoms with van der Waals surface area (Å²) in [5.41, 5.74) is 8.75. The molecule has 7 heteroatoms. The number of aliphatic hydroxyl groups excluding tert-OH is 1. The average molecular weight is 296 g/mol. The first kappa shape index (κ1) is 18.4. The van der Waals surface area contributed by atoms with Crippen LogP contribution in [0.5, 0.6) is 0 Å². The standard InChI is InChI=1S/C12H25N3O3.ClH/c1-7(2)5-9(13)10(16)11-14-15(6-8(3)4)12(17)18-11;/h7-11,14,16H,5-6,13H2,1-4H3;1H. The lowest BCUT2D eigenvalue weighted by molar-refractivity contribution is -0.00544. The van der Waals surface area contributed by atoms with E-state index in [1.54, 1.807) is 0 Å². The minimum absolute atomic E-state index is 0. The molecule has 0 aliphatic carbocycles. The summed E-state index contributed by atoms with van der Waals surface area (Å²) in [6.45, 7) is 8.62. The summed E-state index contributed by atoms with van der Waals surface area (Å²) in [4.78, 5) is 11.6. The topological polar surface area (TPSA) is 87.8 Å². The molecule has 0 saturated carbocycles. The van der Waals surface area contributed by atoms with Gasteiger partial charge in [0.05, 0.1) is 0 Å². The van der Waals surface area contributed by atoms with Crippen LogP contribution in [0.4, 0.5) is 4.79 Å². The van der Waals surface area contributed by atoms with Gasteiger partial charge in [0.15, 0.2) is 6.23 Å². The molecule has 1 rings (SSSR count). The van der Waals surface area contributed by atoms with E-state index < -0.39 is 24.5 Å². The molecule has 1 heterocycles. The van der Waals surface area contributed by atoms with Crippen molar-refractivity contribution in [1.29, 1.82) is 0 Å². The smallest absolute Gasteiger partial charge is 0.425 e. The monoisotopic (exact) mass is 295 g/mol. The van der Waals surface area contributed by atoms with Gasteiger partial charge in [-0.3, -0.25) is 0 Å². The molecular formula is C12H26ClN3O3. The number of hydrogen-bond acceptors (Lipinski definition) is 5. The third kappa shape index (κ3) is 5.52. The third-order valence-electron chi connectivity index (χ3n) is 2.77. The molecule has 0 radical (unpaired) electrons. The van der Waals surface area contributed by atoms with Crippen molar-refractivity contribution < 1.29 is 14.6 Å². The van der Waals surface area contributed by atoms with E-state index in [9.17, 15) is 9.90 Å². The van der Waals surface area contributed by atoms with Gasteiger partial charge in [0.25, 0.3) is 0 Å². The van der Waals surface area contributed by atoms with Crippen LogP contribution in [0.3, 0.4) is 0 Å². The largest absolute Gasteiger partial charge is 0.426 e. The highest BCUT2D eigenvalue weighted by molar-refractivity contribution is 5.85. The molecule has 114 valence electrons. The van der Waals surface area contributed by atoms with Crippen molar-refractivity contribution in [1.82, 2.24) is 10.4 Å². The van der Waals surface area contributed by atoms with Gasteiger partial charge in [-0.05, 0) is 18.3 Å². The van der Waals surface area contributed by atoms with Crippen molar-refractivity contribution in [2.24, 2.45) is 17.6 Å². The highest BCUT2D eigenvalue weighted by atomic mass is 35.5. The molecule has 1 amide bonds. The van der Waals surface area contributed by atoms with Crippen LogP contribution >= 0.6 is 12.4 Å². The van der Waals surface area contributed by atoms with Gasteiger partial charge in [0, 0.05) is 12.6 Å². The predicted molar refractivity (Wildman–Crippen MR) is 75.6 cm³/mol. The van der Waals surface area contributed by atoms with Gasteiger partial charge in [0.1, 0.15) is 6.10 Å². The fourth-order valence-electron chi connectivity index (χ4n) is 1.95. The van der Waals surface area contributed by atoms with Crippen molar-refractivity contribution in [2.75, 3.05) is 6.54 Å². The van der Waals surface area contributed by atoms with Crippen LogP contribution in [0, 0.1) is 11.8 Å². The Morgan fingerprint density at radius 3 is 2.42 bits per heavy atom. The maximum atomic E-state index is 11.6. The van der Waals surface area contributed by atoms with Crippen LogP contribution in [-0.2, 0) is 4.74 Å². The Morgan fingerprint density at radius 1 is 1.37 bits per heavy atom. The second-order valence-electron chi connectivity index (χ2n) is 5.72. The van der Waals surface area contributed by atoms with Gasteiger partial charge in [-0.2, -0.15) is 5.43 Å². The van der Waals surface area contributed by atoms with Crippen molar-refractivity contribution in [3.63, 3.8) is 0 Å². The first-order valence-electron chi connectivity index (χ1n) is 6.49.